The van der Waals surface area contributed by atoms with Crippen molar-refractivity contribution in [2.75, 3.05) is 19.7 Å². The Bertz CT molecular complexity index is 348. The fourth-order valence-corrected chi connectivity index (χ4v) is 2.22. The normalized spacial score (nSPS) is 20.0. The molecular formula is C13H18ClNO. The van der Waals surface area contributed by atoms with Crippen molar-refractivity contribution in [1.29, 1.82) is 0 Å². The van der Waals surface area contributed by atoms with Gasteiger partial charge in [0.1, 0.15) is 5.75 Å². The van der Waals surface area contributed by atoms with Crippen molar-refractivity contribution in [1.82, 2.24) is 5.32 Å². The third-order valence-corrected chi connectivity index (χ3v) is 3.28. The number of hydrogen-bond acceptors (Lipinski definition) is 2. The van der Waals surface area contributed by atoms with E-state index in [9.17, 15) is 0 Å². The highest BCUT2D eigenvalue weighted by molar-refractivity contribution is 6.30. The summed E-state index contributed by atoms with van der Waals surface area (Å²) >= 11 is 5.96. The Morgan fingerprint density at radius 1 is 1.50 bits per heavy atom. The van der Waals surface area contributed by atoms with Gasteiger partial charge in [-0.25, -0.2) is 0 Å². The van der Waals surface area contributed by atoms with Crippen LogP contribution in [-0.2, 0) is 6.42 Å². The zero-order chi connectivity index (χ0) is 11.4. The van der Waals surface area contributed by atoms with E-state index in [0.29, 0.717) is 5.92 Å². The van der Waals surface area contributed by atoms with E-state index >= 15 is 0 Å². The van der Waals surface area contributed by atoms with Gasteiger partial charge in [0.2, 0.25) is 0 Å². The molecule has 0 bridgehead atoms. The highest BCUT2D eigenvalue weighted by Gasteiger charge is 2.15. The van der Waals surface area contributed by atoms with E-state index in [2.05, 4.69) is 12.2 Å². The molecule has 1 saturated heterocycles. The van der Waals surface area contributed by atoms with Crippen molar-refractivity contribution in [3.63, 3.8) is 0 Å². The number of hydrogen-bond donors (Lipinski definition) is 1. The summed E-state index contributed by atoms with van der Waals surface area (Å²) in [4.78, 5) is 0. The first-order valence-electron chi connectivity index (χ1n) is 5.91. The first-order chi connectivity index (χ1) is 7.79. The monoisotopic (exact) mass is 239 g/mol. The highest BCUT2D eigenvalue weighted by Crippen LogP contribution is 2.24. The first kappa shape index (κ1) is 11.7. The lowest BCUT2D eigenvalue weighted by atomic mass is 10.1. The van der Waals surface area contributed by atoms with Crippen LogP contribution in [0.1, 0.15) is 18.9 Å². The van der Waals surface area contributed by atoms with Gasteiger partial charge in [-0.2, -0.15) is 0 Å². The molecule has 0 spiro atoms. The van der Waals surface area contributed by atoms with Gasteiger partial charge >= 0.3 is 0 Å². The van der Waals surface area contributed by atoms with Gasteiger partial charge in [0.25, 0.3) is 0 Å². The second kappa shape index (κ2) is 5.55. The molecule has 1 heterocycles. The Hall–Kier alpha value is -0.730. The van der Waals surface area contributed by atoms with E-state index in [4.69, 9.17) is 16.3 Å². The van der Waals surface area contributed by atoms with E-state index in [1.807, 2.05) is 18.2 Å². The Labute approximate surface area is 102 Å². The van der Waals surface area contributed by atoms with Crippen LogP contribution in [0.15, 0.2) is 18.2 Å². The summed E-state index contributed by atoms with van der Waals surface area (Å²) in [5, 5.41) is 4.13. The zero-order valence-corrected chi connectivity index (χ0v) is 10.4. The Balaban J connectivity index is 1.97. The molecule has 1 fully saturated rings. The first-order valence-corrected chi connectivity index (χ1v) is 6.29. The second-order valence-electron chi connectivity index (χ2n) is 4.28. The summed E-state index contributed by atoms with van der Waals surface area (Å²) in [7, 11) is 0. The maximum Gasteiger partial charge on any atom is 0.122 e. The van der Waals surface area contributed by atoms with Gasteiger partial charge in [0.15, 0.2) is 0 Å². The van der Waals surface area contributed by atoms with E-state index < -0.39 is 0 Å². The predicted molar refractivity (Wildman–Crippen MR) is 67.3 cm³/mol. The molecule has 16 heavy (non-hydrogen) atoms. The maximum absolute atomic E-state index is 5.96. The van der Waals surface area contributed by atoms with Crippen LogP contribution in [0.2, 0.25) is 5.02 Å². The molecule has 0 saturated carbocycles. The van der Waals surface area contributed by atoms with E-state index in [0.717, 1.165) is 36.9 Å². The van der Waals surface area contributed by atoms with E-state index in [1.165, 1.54) is 12.0 Å². The molecule has 0 amide bonds. The number of benzene rings is 1. The number of halogens is 1. The molecule has 1 aromatic carbocycles. The molecule has 1 N–H and O–H groups in total. The fraction of sp³-hybridized carbons (Fsp3) is 0.538. The second-order valence-corrected chi connectivity index (χ2v) is 4.71. The van der Waals surface area contributed by atoms with Gasteiger partial charge in [-0.05, 0) is 43.1 Å². The van der Waals surface area contributed by atoms with Crippen LogP contribution in [0.3, 0.4) is 0 Å². The average Bonchev–Trinajstić information content (AvgIpc) is 2.80. The number of aryl methyl sites for hydroxylation is 1. The van der Waals surface area contributed by atoms with Crippen LogP contribution in [0, 0.1) is 5.92 Å². The van der Waals surface area contributed by atoms with Gasteiger partial charge in [-0.3, -0.25) is 0 Å². The number of nitrogens with one attached hydrogen (secondary N) is 1. The fourth-order valence-electron chi connectivity index (χ4n) is 2.03. The van der Waals surface area contributed by atoms with Crippen molar-refractivity contribution in [3.05, 3.63) is 28.8 Å². The summed E-state index contributed by atoms with van der Waals surface area (Å²) in [6.45, 7) is 5.13. The van der Waals surface area contributed by atoms with Gasteiger partial charge in [0, 0.05) is 17.5 Å². The van der Waals surface area contributed by atoms with Crippen LogP contribution in [0.25, 0.3) is 0 Å². The minimum atomic E-state index is 0.653. The molecule has 88 valence electrons. The summed E-state index contributed by atoms with van der Waals surface area (Å²) in [6.07, 6.45) is 2.17. The van der Waals surface area contributed by atoms with Crippen LogP contribution in [-0.4, -0.2) is 19.7 Å². The molecule has 1 atom stereocenters. The van der Waals surface area contributed by atoms with Crippen LogP contribution in [0.5, 0.6) is 5.75 Å². The van der Waals surface area contributed by atoms with Crippen molar-refractivity contribution >= 4 is 11.6 Å². The number of ether oxygens (including phenoxy) is 1. The smallest absolute Gasteiger partial charge is 0.122 e. The molecule has 1 aliphatic heterocycles. The molecule has 1 unspecified atom stereocenters. The molecule has 2 nitrogen and oxygen atoms in total. The molecule has 1 aliphatic rings. The van der Waals surface area contributed by atoms with Crippen LogP contribution >= 0.6 is 11.6 Å². The van der Waals surface area contributed by atoms with Crippen molar-refractivity contribution in [2.45, 2.75) is 19.8 Å². The van der Waals surface area contributed by atoms with Crippen LogP contribution in [0.4, 0.5) is 0 Å². The Morgan fingerprint density at radius 3 is 3.06 bits per heavy atom. The number of rotatable bonds is 4. The average molecular weight is 240 g/mol. The Morgan fingerprint density at radius 2 is 2.38 bits per heavy atom. The van der Waals surface area contributed by atoms with E-state index in [-0.39, 0.29) is 0 Å². The maximum atomic E-state index is 5.96. The molecule has 1 aromatic rings. The lowest BCUT2D eigenvalue weighted by Gasteiger charge is -2.13. The standard InChI is InChI=1S/C13H18ClNO/c1-2-11-7-12(14)3-4-13(11)16-9-10-5-6-15-8-10/h3-4,7,10,15H,2,5-6,8-9H2,1H3. The molecule has 0 aliphatic carbocycles. The Kier molecular flexibility index (Phi) is 4.08. The van der Waals surface area contributed by atoms with Gasteiger partial charge in [-0.1, -0.05) is 18.5 Å². The van der Waals surface area contributed by atoms with Crippen LogP contribution < -0.4 is 10.1 Å². The van der Waals surface area contributed by atoms with E-state index in [1.54, 1.807) is 0 Å². The van der Waals surface area contributed by atoms with Gasteiger partial charge < -0.3 is 10.1 Å². The van der Waals surface area contributed by atoms with Crippen molar-refractivity contribution < 1.29 is 4.74 Å². The summed E-state index contributed by atoms with van der Waals surface area (Å²) in [5.41, 5.74) is 1.19. The van der Waals surface area contributed by atoms with Crippen molar-refractivity contribution in [2.24, 2.45) is 5.92 Å². The molecule has 2 rings (SSSR count). The summed E-state index contributed by atoms with van der Waals surface area (Å²) in [5.74, 6) is 1.64. The molecule has 3 heteroatoms. The topological polar surface area (TPSA) is 21.3 Å². The molecule has 0 radical (unpaired) electrons. The molecule has 0 aromatic heterocycles. The quantitative estimate of drug-likeness (QED) is 0.873. The van der Waals surface area contributed by atoms with Gasteiger partial charge in [0.05, 0.1) is 6.61 Å². The minimum Gasteiger partial charge on any atom is -0.493 e. The summed E-state index contributed by atoms with van der Waals surface area (Å²) in [6, 6.07) is 5.86. The minimum absolute atomic E-state index is 0.653. The summed E-state index contributed by atoms with van der Waals surface area (Å²) < 4.78 is 5.87. The molecular weight excluding hydrogens is 222 g/mol. The highest BCUT2D eigenvalue weighted by atomic mass is 35.5. The predicted octanol–water partition coefficient (Wildman–Crippen LogP) is 2.89. The SMILES string of the molecule is CCc1cc(Cl)ccc1OCC1CCNC1. The largest absolute Gasteiger partial charge is 0.493 e. The lowest BCUT2D eigenvalue weighted by molar-refractivity contribution is 0.258. The van der Waals surface area contributed by atoms with Gasteiger partial charge in [-0.15, -0.1) is 0 Å². The van der Waals surface area contributed by atoms with Crippen molar-refractivity contribution in [3.8, 4) is 5.75 Å². The third-order valence-electron chi connectivity index (χ3n) is 3.04. The lowest BCUT2D eigenvalue weighted by Crippen LogP contribution is -2.15. The zero-order valence-electron chi connectivity index (χ0n) is 9.63. The third kappa shape index (κ3) is 2.89.